The molecule has 5 aromatic rings. The van der Waals surface area contributed by atoms with Gasteiger partial charge in [-0.2, -0.15) is 5.10 Å². The number of nitrogens with zero attached hydrogens (tertiary/aromatic N) is 3. The molecule has 0 unspecified atom stereocenters. The Labute approximate surface area is 187 Å². The maximum absolute atomic E-state index is 14.0. The third-order valence-electron chi connectivity index (χ3n) is 5.46. The number of halogens is 1. The topological polar surface area (TPSA) is 77.6 Å². The number of nitrogens with one attached hydrogen (secondary N) is 1. The molecule has 0 aliphatic carbocycles. The minimum absolute atomic E-state index is 0.0897. The molecule has 0 spiro atoms. The van der Waals surface area contributed by atoms with Gasteiger partial charge in [-0.05, 0) is 42.0 Å². The van der Waals surface area contributed by atoms with Gasteiger partial charge in [-0.25, -0.2) is 8.91 Å². The molecule has 1 N–H and O–H groups in total. The van der Waals surface area contributed by atoms with Crippen molar-refractivity contribution in [2.24, 2.45) is 0 Å². The summed E-state index contributed by atoms with van der Waals surface area (Å²) < 4.78 is 22.1. The Hall–Kier alpha value is -4.46. The first-order valence-corrected chi connectivity index (χ1v) is 10.2. The molecule has 0 atom stereocenters. The lowest BCUT2D eigenvalue weighted by molar-refractivity contribution is 0.102. The van der Waals surface area contributed by atoms with Crippen molar-refractivity contribution in [1.29, 1.82) is 0 Å². The highest BCUT2D eigenvalue weighted by molar-refractivity contribution is 6.06. The number of methoxy groups -OCH3 is 1. The van der Waals surface area contributed by atoms with Crippen LogP contribution in [0, 0.1) is 5.82 Å². The predicted octanol–water partition coefficient (Wildman–Crippen LogP) is 4.10. The van der Waals surface area contributed by atoms with E-state index in [4.69, 9.17) is 4.74 Å². The maximum atomic E-state index is 14.0. The summed E-state index contributed by atoms with van der Waals surface area (Å²) in [5, 5.41) is 6.96. The van der Waals surface area contributed by atoms with Crippen molar-refractivity contribution in [2.75, 3.05) is 12.4 Å². The quantitative estimate of drug-likeness (QED) is 0.445. The molecule has 2 aromatic heterocycles. The van der Waals surface area contributed by atoms with Crippen LogP contribution in [0.5, 0.6) is 5.75 Å². The Morgan fingerprint density at radius 1 is 1.00 bits per heavy atom. The fourth-order valence-electron chi connectivity index (χ4n) is 3.84. The molecule has 5 rings (SSSR count). The van der Waals surface area contributed by atoms with Gasteiger partial charge in [0, 0.05) is 17.3 Å². The molecule has 3 aromatic carbocycles. The van der Waals surface area contributed by atoms with Crippen LogP contribution in [0.4, 0.5) is 10.1 Å². The minimum atomic E-state index is -0.577. The Morgan fingerprint density at radius 3 is 2.58 bits per heavy atom. The molecular weight excluding hydrogens is 423 g/mol. The van der Waals surface area contributed by atoms with Crippen molar-refractivity contribution < 1.29 is 13.9 Å². The van der Waals surface area contributed by atoms with Crippen LogP contribution in [0.2, 0.25) is 0 Å². The van der Waals surface area contributed by atoms with Gasteiger partial charge in [-0.15, -0.1) is 0 Å². The number of carbonyl (C=O) groups excluding carboxylic acids is 1. The Kier molecular flexibility index (Phi) is 5.10. The summed E-state index contributed by atoms with van der Waals surface area (Å²) in [4.78, 5) is 26.1. The molecule has 0 saturated heterocycles. The summed E-state index contributed by atoms with van der Waals surface area (Å²) in [5.74, 6) is -0.917. The number of fused-ring (bicyclic) bond motifs is 3. The molecule has 2 heterocycles. The van der Waals surface area contributed by atoms with Crippen LogP contribution in [0.25, 0.3) is 16.6 Å². The van der Waals surface area contributed by atoms with Gasteiger partial charge in [0.2, 0.25) is 0 Å². The van der Waals surface area contributed by atoms with Crippen molar-refractivity contribution in [3.05, 3.63) is 106 Å². The second-order valence-corrected chi connectivity index (χ2v) is 7.51. The van der Waals surface area contributed by atoms with E-state index in [1.54, 1.807) is 45.6 Å². The van der Waals surface area contributed by atoms with E-state index in [9.17, 15) is 14.0 Å². The average molecular weight is 442 g/mol. The van der Waals surface area contributed by atoms with Gasteiger partial charge in [-0.3, -0.25) is 9.59 Å². The minimum Gasteiger partial charge on any atom is -0.494 e. The van der Waals surface area contributed by atoms with Crippen LogP contribution in [-0.4, -0.2) is 27.2 Å². The number of hydrogen-bond donors (Lipinski definition) is 1. The van der Waals surface area contributed by atoms with E-state index < -0.39 is 11.7 Å². The zero-order chi connectivity index (χ0) is 22.9. The number of aromatic nitrogens is 3. The summed E-state index contributed by atoms with van der Waals surface area (Å²) >= 11 is 0. The average Bonchev–Trinajstić information content (AvgIpc) is 3.33. The van der Waals surface area contributed by atoms with Gasteiger partial charge in [0.05, 0.1) is 30.9 Å². The first-order valence-electron chi connectivity index (χ1n) is 10.2. The highest BCUT2D eigenvalue weighted by Crippen LogP contribution is 2.22. The fourth-order valence-corrected chi connectivity index (χ4v) is 3.84. The molecule has 0 bridgehead atoms. The fraction of sp³-hybridized carbons (Fsp3) is 0.0800. The number of carbonyl (C=O) groups is 1. The van der Waals surface area contributed by atoms with Gasteiger partial charge in [0.1, 0.15) is 5.52 Å². The number of anilines is 1. The van der Waals surface area contributed by atoms with Crippen LogP contribution in [-0.2, 0) is 6.54 Å². The summed E-state index contributed by atoms with van der Waals surface area (Å²) in [6.45, 7) is 0.340. The predicted molar refractivity (Wildman–Crippen MR) is 123 cm³/mol. The van der Waals surface area contributed by atoms with Crippen molar-refractivity contribution in [1.82, 2.24) is 14.2 Å². The monoisotopic (exact) mass is 442 g/mol. The third kappa shape index (κ3) is 3.71. The molecule has 0 aliphatic heterocycles. The van der Waals surface area contributed by atoms with E-state index in [0.29, 0.717) is 34.3 Å². The zero-order valence-corrected chi connectivity index (χ0v) is 17.7. The number of amides is 1. The highest BCUT2D eigenvalue weighted by Gasteiger charge is 2.15. The third-order valence-corrected chi connectivity index (χ3v) is 5.46. The lowest BCUT2D eigenvalue weighted by Gasteiger charge is -2.14. The molecule has 164 valence electrons. The van der Waals surface area contributed by atoms with Crippen LogP contribution >= 0.6 is 0 Å². The first kappa shape index (κ1) is 20.4. The molecule has 0 aliphatic rings. The summed E-state index contributed by atoms with van der Waals surface area (Å²) in [7, 11) is 1.37. The summed E-state index contributed by atoms with van der Waals surface area (Å²) in [6, 6.07) is 20.5. The molecule has 0 saturated carbocycles. The number of hydrogen-bond acceptors (Lipinski definition) is 4. The van der Waals surface area contributed by atoms with Crippen molar-refractivity contribution >= 4 is 28.1 Å². The second-order valence-electron chi connectivity index (χ2n) is 7.51. The summed E-state index contributed by atoms with van der Waals surface area (Å²) in [5.41, 5.74) is 3.07. The molecule has 7 nitrogen and oxygen atoms in total. The van der Waals surface area contributed by atoms with E-state index in [1.807, 2.05) is 30.3 Å². The van der Waals surface area contributed by atoms with Gasteiger partial charge in [0.25, 0.3) is 11.5 Å². The van der Waals surface area contributed by atoms with Crippen LogP contribution in [0.15, 0.2) is 83.8 Å². The maximum Gasteiger partial charge on any atom is 0.277 e. The SMILES string of the molecule is COc1ccc(NC(=O)c2ccc3c(c2)n(Cc2ccccc2)c(=O)c2ccnn23)cc1F. The Balaban J connectivity index is 1.59. The number of ether oxygens (including phenoxy) is 1. The Morgan fingerprint density at radius 2 is 1.82 bits per heavy atom. The largest absolute Gasteiger partial charge is 0.494 e. The molecular formula is C25H19FN4O3. The van der Waals surface area contributed by atoms with Crippen molar-refractivity contribution in [3.63, 3.8) is 0 Å². The molecule has 8 heteroatoms. The van der Waals surface area contributed by atoms with Crippen LogP contribution < -0.4 is 15.6 Å². The molecule has 33 heavy (non-hydrogen) atoms. The smallest absolute Gasteiger partial charge is 0.277 e. The van der Waals surface area contributed by atoms with E-state index in [1.165, 1.54) is 19.2 Å². The Bertz CT molecular complexity index is 1560. The lowest BCUT2D eigenvalue weighted by Crippen LogP contribution is -2.24. The molecule has 1 amide bonds. The van der Waals surface area contributed by atoms with Gasteiger partial charge < -0.3 is 14.6 Å². The zero-order valence-electron chi connectivity index (χ0n) is 17.7. The normalized spacial score (nSPS) is 11.1. The molecule has 0 fully saturated rings. The number of benzene rings is 3. The summed E-state index contributed by atoms with van der Waals surface area (Å²) in [6.07, 6.45) is 1.57. The van der Waals surface area contributed by atoms with Crippen molar-refractivity contribution in [3.8, 4) is 5.75 Å². The van der Waals surface area contributed by atoms with E-state index in [2.05, 4.69) is 10.4 Å². The van der Waals surface area contributed by atoms with Gasteiger partial charge >= 0.3 is 0 Å². The van der Waals surface area contributed by atoms with Crippen LogP contribution in [0.3, 0.4) is 0 Å². The highest BCUT2D eigenvalue weighted by atomic mass is 19.1. The van der Waals surface area contributed by atoms with Crippen LogP contribution in [0.1, 0.15) is 15.9 Å². The van der Waals surface area contributed by atoms with E-state index in [-0.39, 0.29) is 11.3 Å². The first-order chi connectivity index (χ1) is 16.0. The van der Waals surface area contributed by atoms with E-state index in [0.717, 1.165) is 5.56 Å². The van der Waals surface area contributed by atoms with Crippen molar-refractivity contribution in [2.45, 2.75) is 6.54 Å². The van der Waals surface area contributed by atoms with E-state index >= 15 is 0 Å². The standard InChI is InChI=1S/C25H19FN4O3/c1-33-23-10-8-18(14-19(23)26)28-24(31)17-7-9-20-22(13-17)29(15-16-5-3-2-4-6-16)25(32)21-11-12-27-30(20)21/h2-14H,15H2,1H3,(H,28,31). The molecule has 0 radical (unpaired) electrons. The van der Waals surface area contributed by atoms with Gasteiger partial charge in [0.15, 0.2) is 11.6 Å². The number of rotatable bonds is 5. The van der Waals surface area contributed by atoms with Gasteiger partial charge in [-0.1, -0.05) is 30.3 Å². The lowest BCUT2D eigenvalue weighted by atomic mass is 10.1. The second kappa shape index (κ2) is 8.23.